The molecule has 3 aliphatic heterocycles. The fourth-order valence-electron chi connectivity index (χ4n) is 6.60. The number of ether oxygens (including phenoxy) is 1. The van der Waals surface area contributed by atoms with Crippen molar-refractivity contribution in [2.45, 2.75) is 67.7 Å². The molecule has 1 N–H and O–H groups in total. The lowest BCUT2D eigenvalue weighted by Crippen LogP contribution is -2.57. The molecular weight excluding hydrogens is 488 g/mol. The Hall–Kier alpha value is -2.58. The minimum absolute atomic E-state index is 0.0378. The molecule has 3 saturated heterocycles. The highest BCUT2D eigenvalue weighted by Gasteiger charge is 2.75. The molecule has 0 aromatic heterocycles. The quantitative estimate of drug-likeness (QED) is 0.330. The monoisotopic (exact) mass is 526 g/mol. The van der Waals surface area contributed by atoms with E-state index in [0.29, 0.717) is 13.0 Å². The lowest BCUT2D eigenvalue weighted by atomic mass is 9.71. The van der Waals surface area contributed by atoms with Crippen molar-refractivity contribution in [1.29, 1.82) is 0 Å². The molecule has 0 aliphatic carbocycles. The lowest BCUT2D eigenvalue weighted by molar-refractivity contribution is -0.153. The molecule has 3 heterocycles. The second-order valence-electron chi connectivity index (χ2n) is 10.2. The highest BCUT2D eigenvalue weighted by molar-refractivity contribution is 8.02. The van der Waals surface area contributed by atoms with Crippen molar-refractivity contribution >= 4 is 29.5 Å². The molecule has 37 heavy (non-hydrogen) atoms. The van der Waals surface area contributed by atoms with Gasteiger partial charge in [0, 0.05) is 17.8 Å². The Kier molecular flexibility index (Phi) is 8.49. The summed E-state index contributed by atoms with van der Waals surface area (Å²) in [5.41, 5.74) is 0.759. The van der Waals surface area contributed by atoms with Crippen LogP contribution in [0.25, 0.3) is 0 Å². The van der Waals surface area contributed by atoms with Gasteiger partial charge in [0.2, 0.25) is 11.8 Å². The molecule has 8 heteroatoms. The number of hydrogen-bond donors (Lipinski definition) is 1. The third kappa shape index (κ3) is 4.63. The summed E-state index contributed by atoms with van der Waals surface area (Å²) in [4.78, 5) is 45.4. The van der Waals surface area contributed by atoms with Gasteiger partial charge >= 0.3 is 5.97 Å². The zero-order valence-electron chi connectivity index (χ0n) is 21.8. The first-order valence-electron chi connectivity index (χ1n) is 13.2. The van der Waals surface area contributed by atoms with Gasteiger partial charge in [-0.15, -0.1) is 18.3 Å². The zero-order chi connectivity index (χ0) is 26.7. The van der Waals surface area contributed by atoms with Gasteiger partial charge in [-0.05, 0) is 31.7 Å². The van der Waals surface area contributed by atoms with E-state index in [1.54, 1.807) is 22.7 Å². The maximum Gasteiger partial charge on any atom is 0.311 e. The fraction of sp³-hybridized carbons (Fsp3) is 0.552. The largest absolute Gasteiger partial charge is 0.461 e. The summed E-state index contributed by atoms with van der Waals surface area (Å²) in [6.07, 6.45) is 6.37. The number of rotatable bonds is 12. The number of carbonyl (C=O) groups is 3. The molecule has 3 fully saturated rings. The van der Waals surface area contributed by atoms with Crippen molar-refractivity contribution < 1.29 is 24.2 Å². The first-order chi connectivity index (χ1) is 17.9. The summed E-state index contributed by atoms with van der Waals surface area (Å²) in [7, 11) is 0. The molecule has 3 unspecified atom stereocenters. The van der Waals surface area contributed by atoms with E-state index in [9.17, 15) is 19.5 Å². The SMILES string of the molecule is C=CCOC(=O)[C@@H]1[C@@H]2CCC3(S2)C(C(=O)N(CC=C)C(C)CCC)N([C@H](CO)c2ccccc2)C(=O)[C@H]13. The minimum Gasteiger partial charge on any atom is -0.461 e. The molecule has 1 aromatic carbocycles. The average Bonchev–Trinajstić information content (AvgIpc) is 3.54. The number of aliphatic hydroxyl groups is 1. The van der Waals surface area contributed by atoms with Crippen LogP contribution in [-0.4, -0.2) is 74.5 Å². The van der Waals surface area contributed by atoms with Gasteiger partial charge < -0.3 is 19.6 Å². The van der Waals surface area contributed by atoms with E-state index in [2.05, 4.69) is 20.1 Å². The number of hydrogen-bond acceptors (Lipinski definition) is 6. The van der Waals surface area contributed by atoms with E-state index >= 15 is 0 Å². The Morgan fingerprint density at radius 2 is 2.03 bits per heavy atom. The maximum absolute atomic E-state index is 14.5. The average molecular weight is 527 g/mol. The number of aliphatic hydroxyl groups excluding tert-OH is 1. The van der Waals surface area contributed by atoms with Gasteiger partial charge in [-0.3, -0.25) is 14.4 Å². The molecule has 200 valence electrons. The summed E-state index contributed by atoms with van der Waals surface area (Å²) in [6.45, 7) is 11.7. The zero-order valence-corrected chi connectivity index (χ0v) is 22.6. The van der Waals surface area contributed by atoms with E-state index in [0.717, 1.165) is 24.8 Å². The number of nitrogens with zero attached hydrogens (tertiary/aromatic N) is 2. The number of carbonyl (C=O) groups excluding carboxylic acids is 3. The normalized spacial score (nSPS) is 29.5. The molecule has 4 rings (SSSR count). The van der Waals surface area contributed by atoms with Gasteiger partial charge in [0.1, 0.15) is 12.6 Å². The van der Waals surface area contributed by atoms with Gasteiger partial charge in [0.25, 0.3) is 0 Å². The Balaban J connectivity index is 1.82. The third-order valence-corrected chi connectivity index (χ3v) is 10.1. The summed E-state index contributed by atoms with van der Waals surface area (Å²) in [5, 5.41) is 10.5. The van der Waals surface area contributed by atoms with Crippen molar-refractivity contribution in [2.24, 2.45) is 11.8 Å². The molecule has 2 bridgehead atoms. The van der Waals surface area contributed by atoms with Crippen LogP contribution in [0.2, 0.25) is 0 Å². The van der Waals surface area contributed by atoms with Crippen molar-refractivity contribution in [1.82, 2.24) is 9.80 Å². The number of thioether (sulfide) groups is 1. The topological polar surface area (TPSA) is 87.2 Å². The number of esters is 1. The Bertz CT molecular complexity index is 1030. The molecule has 7 atom stereocenters. The Morgan fingerprint density at radius 1 is 1.30 bits per heavy atom. The highest BCUT2D eigenvalue weighted by Crippen LogP contribution is 2.67. The Labute approximate surface area is 223 Å². The van der Waals surface area contributed by atoms with Crippen LogP contribution in [0.1, 0.15) is 51.1 Å². The molecular formula is C29H38N2O5S. The number of fused-ring (bicyclic) bond motifs is 1. The predicted molar refractivity (Wildman–Crippen MR) is 145 cm³/mol. The van der Waals surface area contributed by atoms with E-state index in [1.165, 1.54) is 6.08 Å². The molecule has 3 aliphatic rings. The molecule has 7 nitrogen and oxygen atoms in total. The van der Waals surface area contributed by atoms with Crippen LogP contribution in [-0.2, 0) is 19.1 Å². The van der Waals surface area contributed by atoms with Gasteiger partial charge in [-0.1, -0.05) is 62.4 Å². The van der Waals surface area contributed by atoms with Crippen LogP contribution in [0.15, 0.2) is 55.6 Å². The highest BCUT2D eigenvalue weighted by atomic mass is 32.2. The second kappa shape index (κ2) is 11.4. The van der Waals surface area contributed by atoms with Crippen LogP contribution < -0.4 is 0 Å². The number of benzene rings is 1. The number of amides is 2. The van der Waals surface area contributed by atoms with Gasteiger partial charge in [0.05, 0.1) is 29.2 Å². The Morgan fingerprint density at radius 3 is 2.65 bits per heavy atom. The summed E-state index contributed by atoms with van der Waals surface area (Å²) < 4.78 is 4.69. The predicted octanol–water partition coefficient (Wildman–Crippen LogP) is 3.74. The standard InChI is InChI=1S/C29H38N2O5S/c1-5-11-19(4)30(16-6-2)27(34)25-29-15-14-22(37-29)23(28(35)36-17-7-3)24(29)26(33)31(25)21(18-32)20-12-9-8-10-13-20/h6-10,12-13,19,21-25,32H,2-3,5,11,14-18H2,1,4H3/t19?,21-,22+,23-,24+,25?,29?/m1/s1. The smallest absolute Gasteiger partial charge is 0.311 e. The van der Waals surface area contributed by atoms with Crippen molar-refractivity contribution in [3.05, 3.63) is 61.2 Å². The maximum atomic E-state index is 14.5. The molecule has 2 amide bonds. The van der Waals surface area contributed by atoms with Gasteiger partial charge in [0.15, 0.2) is 0 Å². The molecule has 0 saturated carbocycles. The third-order valence-electron chi connectivity index (χ3n) is 8.13. The van der Waals surface area contributed by atoms with Crippen LogP contribution in [0.3, 0.4) is 0 Å². The van der Waals surface area contributed by atoms with Crippen LogP contribution in [0.5, 0.6) is 0 Å². The lowest BCUT2D eigenvalue weighted by Gasteiger charge is -2.41. The second-order valence-corrected chi connectivity index (χ2v) is 11.8. The number of likely N-dealkylation sites (tertiary alicyclic amines) is 1. The van der Waals surface area contributed by atoms with Crippen LogP contribution in [0, 0.1) is 11.8 Å². The van der Waals surface area contributed by atoms with Crippen molar-refractivity contribution in [3.63, 3.8) is 0 Å². The first kappa shape index (κ1) is 27.5. The first-order valence-corrected chi connectivity index (χ1v) is 14.1. The van der Waals surface area contributed by atoms with E-state index < -0.39 is 34.6 Å². The molecule has 0 radical (unpaired) electrons. The van der Waals surface area contributed by atoms with Gasteiger partial charge in [-0.2, -0.15) is 0 Å². The summed E-state index contributed by atoms with van der Waals surface area (Å²) in [5.74, 6) is -2.10. The van der Waals surface area contributed by atoms with Crippen LogP contribution in [0.4, 0.5) is 0 Å². The van der Waals surface area contributed by atoms with Crippen LogP contribution >= 0.6 is 11.8 Å². The molecule has 1 aromatic rings. The van der Waals surface area contributed by atoms with E-state index in [4.69, 9.17) is 4.74 Å². The minimum atomic E-state index is -0.797. The van der Waals surface area contributed by atoms with Gasteiger partial charge in [-0.25, -0.2) is 0 Å². The van der Waals surface area contributed by atoms with Crippen molar-refractivity contribution in [3.8, 4) is 0 Å². The fourth-order valence-corrected chi connectivity index (χ4v) is 8.78. The molecule has 1 spiro atoms. The summed E-state index contributed by atoms with van der Waals surface area (Å²) >= 11 is 1.60. The van der Waals surface area contributed by atoms with E-state index in [-0.39, 0.29) is 36.3 Å². The van der Waals surface area contributed by atoms with Crippen molar-refractivity contribution in [2.75, 3.05) is 19.8 Å². The summed E-state index contributed by atoms with van der Waals surface area (Å²) in [6, 6.07) is 7.79. The van der Waals surface area contributed by atoms with E-state index in [1.807, 2.05) is 42.2 Å².